The van der Waals surface area contributed by atoms with E-state index >= 15 is 0 Å². The highest BCUT2D eigenvalue weighted by Crippen LogP contribution is 2.24. The Kier molecular flexibility index (Phi) is 4.89. The molecule has 0 aliphatic rings. The van der Waals surface area contributed by atoms with Crippen molar-refractivity contribution < 1.29 is 14.2 Å². The molecule has 0 amide bonds. The van der Waals surface area contributed by atoms with Gasteiger partial charge in [0.1, 0.15) is 5.82 Å². The number of hydrogen-bond acceptors (Lipinski definition) is 2. The third-order valence-corrected chi connectivity index (χ3v) is 3.11. The van der Waals surface area contributed by atoms with Crippen LogP contribution in [0.4, 0.5) is 4.39 Å². The Morgan fingerprint density at radius 1 is 1.50 bits per heavy atom. The maximum atomic E-state index is 13.2. The van der Waals surface area contributed by atoms with E-state index in [1.54, 1.807) is 19.1 Å². The molecule has 0 aliphatic carbocycles. The molecule has 1 unspecified atom stereocenters. The molecule has 1 aromatic rings. The fourth-order valence-corrected chi connectivity index (χ4v) is 1.87. The standard InChI is InChI=1S/C12H16BrFO2/c1-3-16-8-12(2,15)7-9-5-4-6-10(14)11(9)13/h4-6,15H,3,7-8H2,1-2H3. The van der Waals surface area contributed by atoms with Gasteiger partial charge in [0.2, 0.25) is 0 Å². The van der Waals surface area contributed by atoms with E-state index in [4.69, 9.17) is 4.74 Å². The van der Waals surface area contributed by atoms with Gasteiger partial charge in [-0.2, -0.15) is 0 Å². The molecule has 90 valence electrons. The Morgan fingerprint density at radius 2 is 2.19 bits per heavy atom. The van der Waals surface area contributed by atoms with Crippen LogP contribution >= 0.6 is 15.9 Å². The first kappa shape index (κ1) is 13.6. The van der Waals surface area contributed by atoms with Crippen molar-refractivity contribution >= 4 is 15.9 Å². The summed E-state index contributed by atoms with van der Waals surface area (Å²) in [6.45, 7) is 4.35. The van der Waals surface area contributed by atoms with Crippen LogP contribution in [-0.4, -0.2) is 23.9 Å². The second kappa shape index (κ2) is 5.75. The highest BCUT2D eigenvalue weighted by molar-refractivity contribution is 9.10. The van der Waals surface area contributed by atoms with Crippen LogP contribution in [-0.2, 0) is 11.2 Å². The van der Waals surface area contributed by atoms with Crippen molar-refractivity contribution in [3.8, 4) is 0 Å². The van der Waals surface area contributed by atoms with E-state index in [0.717, 1.165) is 5.56 Å². The molecule has 1 aromatic carbocycles. The Balaban J connectivity index is 2.75. The summed E-state index contributed by atoms with van der Waals surface area (Å²) in [5.41, 5.74) is -0.239. The lowest BCUT2D eigenvalue weighted by atomic mass is 9.97. The lowest BCUT2D eigenvalue weighted by Crippen LogP contribution is -2.33. The Hall–Kier alpha value is -0.450. The molecule has 0 saturated heterocycles. The van der Waals surface area contributed by atoms with Crippen molar-refractivity contribution in [2.24, 2.45) is 0 Å². The molecule has 2 nitrogen and oxygen atoms in total. The minimum atomic E-state index is -0.980. The van der Waals surface area contributed by atoms with E-state index in [-0.39, 0.29) is 12.4 Å². The Morgan fingerprint density at radius 3 is 2.81 bits per heavy atom. The number of benzene rings is 1. The fourth-order valence-electron chi connectivity index (χ4n) is 1.47. The molecule has 0 radical (unpaired) electrons. The number of halogens is 2. The molecule has 16 heavy (non-hydrogen) atoms. The summed E-state index contributed by atoms with van der Waals surface area (Å²) in [6.07, 6.45) is 0.353. The second-order valence-corrected chi connectivity index (χ2v) is 4.82. The molecule has 0 heterocycles. The molecular formula is C12H16BrFO2. The summed E-state index contributed by atoms with van der Waals surface area (Å²) in [5, 5.41) is 10.0. The second-order valence-electron chi connectivity index (χ2n) is 4.02. The van der Waals surface area contributed by atoms with Crippen LogP contribution in [0.5, 0.6) is 0 Å². The summed E-state index contributed by atoms with van der Waals surface area (Å²) in [5.74, 6) is -0.315. The maximum Gasteiger partial charge on any atom is 0.137 e. The van der Waals surface area contributed by atoms with E-state index in [1.165, 1.54) is 6.07 Å². The average molecular weight is 291 g/mol. The van der Waals surface area contributed by atoms with E-state index in [0.29, 0.717) is 17.5 Å². The minimum absolute atomic E-state index is 0.243. The number of ether oxygens (including phenoxy) is 1. The smallest absolute Gasteiger partial charge is 0.137 e. The summed E-state index contributed by atoms with van der Waals surface area (Å²) in [4.78, 5) is 0. The monoisotopic (exact) mass is 290 g/mol. The molecule has 0 spiro atoms. The predicted octanol–water partition coefficient (Wildman–Crippen LogP) is 2.92. The third kappa shape index (κ3) is 3.85. The first-order valence-electron chi connectivity index (χ1n) is 5.19. The summed E-state index contributed by atoms with van der Waals surface area (Å²) < 4.78 is 18.8. The highest BCUT2D eigenvalue weighted by atomic mass is 79.9. The normalized spacial score (nSPS) is 14.8. The first-order valence-corrected chi connectivity index (χ1v) is 5.98. The highest BCUT2D eigenvalue weighted by Gasteiger charge is 2.22. The summed E-state index contributed by atoms with van der Waals surface area (Å²) in [7, 11) is 0. The SMILES string of the molecule is CCOCC(C)(O)Cc1cccc(F)c1Br. The van der Waals surface area contributed by atoms with Crippen molar-refractivity contribution in [3.05, 3.63) is 34.1 Å². The molecule has 0 bridgehead atoms. The van der Waals surface area contributed by atoms with Gasteiger partial charge in [-0.1, -0.05) is 12.1 Å². The Labute approximate surface area is 104 Å². The lowest BCUT2D eigenvalue weighted by molar-refractivity contribution is -0.0297. The van der Waals surface area contributed by atoms with Crippen molar-refractivity contribution in [3.63, 3.8) is 0 Å². The average Bonchev–Trinajstić information content (AvgIpc) is 2.22. The molecule has 1 atom stereocenters. The Bertz CT molecular complexity index is 353. The van der Waals surface area contributed by atoms with Crippen molar-refractivity contribution in [1.82, 2.24) is 0 Å². The lowest BCUT2D eigenvalue weighted by Gasteiger charge is -2.23. The van der Waals surface area contributed by atoms with Crippen molar-refractivity contribution in [1.29, 1.82) is 0 Å². The molecule has 0 aliphatic heterocycles. The van der Waals surface area contributed by atoms with Gasteiger partial charge in [0.05, 0.1) is 16.7 Å². The maximum absolute atomic E-state index is 13.2. The number of rotatable bonds is 5. The zero-order valence-electron chi connectivity index (χ0n) is 9.46. The molecule has 0 aromatic heterocycles. The van der Waals surface area contributed by atoms with Gasteiger partial charge in [-0.15, -0.1) is 0 Å². The van der Waals surface area contributed by atoms with Crippen LogP contribution in [0.3, 0.4) is 0 Å². The van der Waals surface area contributed by atoms with Crippen LogP contribution in [0, 0.1) is 5.82 Å². The van der Waals surface area contributed by atoms with Gasteiger partial charge in [0, 0.05) is 13.0 Å². The van der Waals surface area contributed by atoms with E-state index < -0.39 is 5.60 Å². The van der Waals surface area contributed by atoms with E-state index in [1.807, 2.05) is 6.92 Å². The van der Waals surface area contributed by atoms with Crippen molar-refractivity contribution in [2.75, 3.05) is 13.2 Å². The number of hydrogen-bond donors (Lipinski definition) is 1. The van der Waals surface area contributed by atoms with Crippen molar-refractivity contribution in [2.45, 2.75) is 25.9 Å². The molecule has 1 rings (SSSR count). The van der Waals surface area contributed by atoms with Gasteiger partial charge in [0.15, 0.2) is 0 Å². The summed E-state index contributed by atoms with van der Waals surface area (Å²) >= 11 is 3.17. The number of aliphatic hydroxyl groups is 1. The molecule has 4 heteroatoms. The largest absolute Gasteiger partial charge is 0.387 e. The quantitative estimate of drug-likeness (QED) is 0.904. The van der Waals surface area contributed by atoms with E-state index in [2.05, 4.69) is 15.9 Å². The van der Waals surface area contributed by atoms with Crippen LogP contribution in [0.1, 0.15) is 19.4 Å². The molecular weight excluding hydrogens is 275 g/mol. The van der Waals surface area contributed by atoms with Crippen LogP contribution in [0.15, 0.2) is 22.7 Å². The van der Waals surface area contributed by atoms with Gasteiger partial charge in [-0.3, -0.25) is 0 Å². The predicted molar refractivity (Wildman–Crippen MR) is 64.9 cm³/mol. The van der Waals surface area contributed by atoms with Crippen LogP contribution < -0.4 is 0 Å². The van der Waals surface area contributed by atoms with Gasteiger partial charge in [-0.05, 0) is 41.4 Å². The van der Waals surface area contributed by atoms with Crippen LogP contribution in [0.2, 0.25) is 0 Å². The minimum Gasteiger partial charge on any atom is -0.387 e. The fraction of sp³-hybridized carbons (Fsp3) is 0.500. The molecule has 0 saturated carbocycles. The van der Waals surface area contributed by atoms with Gasteiger partial charge >= 0.3 is 0 Å². The molecule has 0 fully saturated rings. The van der Waals surface area contributed by atoms with E-state index in [9.17, 15) is 9.50 Å². The topological polar surface area (TPSA) is 29.5 Å². The first-order chi connectivity index (χ1) is 7.46. The zero-order chi connectivity index (χ0) is 12.2. The van der Waals surface area contributed by atoms with Gasteiger partial charge in [0.25, 0.3) is 0 Å². The molecule has 1 N–H and O–H groups in total. The van der Waals surface area contributed by atoms with Crippen LogP contribution in [0.25, 0.3) is 0 Å². The summed E-state index contributed by atoms with van der Waals surface area (Å²) in [6, 6.07) is 4.80. The third-order valence-electron chi connectivity index (χ3n) is 2.22. The van der Waals surface area contributed by atoms with Gasteiger partial charge < -0.3 is 9.84 Å². The van der Waals surface area contributed by atoms with Gasteiger partial charge in [-0.25, -0.2) is 4.39 Å². The zero-order valence-corrected chi connectivity index (χ0v) is 11.1.